The fraction of sp³-hybridized carbons (Fsp3) is 0.636. The molecule has 30 heavy (non-hydrogen) atoms. The second-order valence-corrected chi connectivity index (χ2v) is 10.1. The van der Waals surface area contributed by atoms with Crippen LogP contribution in [0.5, 0.6) is 0 Å². The molecule has 1 saturated carbocycles. The number of nitrogens with zero attached hydrogens (tertiary/aromatic N) is 3. The number of aromatic nitrogens is 2. The SMILES string of the molecule is Cc1nc(C(C)(C)NC(=O)C2[C@H]3CN(C(O)OC(C)(C)C)C[C@@H]23)n2cccc(F)c12. The van der Waals surface area contributed by atoms with Crippen molar-refractivity contribution in [1.29, 1.82) is 0 Å². The van der Waals surface area contributed by atoms with Crippen LogP contribution in [0.4, 0.5) is 4.39 Å². The number of ether oxygens (including phenoxy) is 1. The smallest absolute Gasteiger partial charge is 0.224 e. The average Bonchev–Trinajstić information content (AvgIpc) is 2.95. The summed E-state index contributed by atoms with van der Waals surface area (Å²) >= 11 is 0. The molecule has 2 unspecified atom stereocenters. The van der Waals surface area contributed by atoms with Gasteiger partial charge in [-0.15, -0.1) is 0 Å². The maximum absolute atomic E-state index is 14.2. The normalized spacial score (nSPS) is 25.4. The van der Waals surface area contributed by atoms with Gasteiger partial charge in [0.2, 0.25) is 12.3 Å². The number of aliphatic hydroxyl groups excluding tert-OH is 1. The number of hydrogen-bond acceptors (Lipinski definition) is 5. The highest BCUT2D eigenvalue weighted by Gasteiger charge is 2.60. The maximum Gasteiger partial charge on any atom is 0.224 e. The number of carbonyl (C=O) groups is 1. The number of pyridine rings is 1. The summed E-state index contributed by atoms with van der Waals surface area (Å²) in [4.78, 5) is 19.4. The Morgan fingerprint density at radius 3 is 2.53 bits per heavy atom. The zero-order valence-corrected chi connectivity index (χ0v) is 18.4. The number of likely N-dealkylation sites (tertiary alicyclic amines) is 1. The highest BCUT2D eigenvalue weighted by molar-refractivity contribution is 5.83. The van der Waals surface area contributed by atoms with Crippen molar-refractivity contribution in [2.75, 3.05) is 13.1 Å². The number of halogens is 1. The molecule has 0 spiro atoms. The van der Waals surface area contributed by atoms with E-state index in [1.54, 1.807) is 23.6 Å². The fourth-order valence-electron chi connectivity index (χ4n) is 4.68. The Morgan fingerprint density at radius 1 is 1.30 bits per heavy atom. The van der Waals surface area contributed by atoms with Crippen molar-refractivity contribution in [1.82, 2.24) is 19.6 Å². The van der Waals surface area contributed by atoms with Crippen LogP contribution in [0.15, 0.2) is 18.3 Å². The van der Waals surface area contributed by atoms with E-state index >= 15 is 0 Å². The first-order valence-electron chi connectivity index (χ1n) is 10.4. The second-order valence-electron chi connectivity index (χ2n) is 10.1. The summed E-state index contributed by atoms with van der Waals surface area (Å²) in [7, 11) is 0. The Balaban J connectivity index is 1.42. The van der Waals surface area contributed by atoms with Gasteiger partial charge in [0.25, 0.3) is 0 Å². The zero-order valence-electron chi connectivity index (χ0n) is 18.4. The molecule has 1 amide bonds. The van der Waals surface area contributed by atoms with Gasteiger partial charge in [-0.2, -0.15) is 0 Å². The van der Waals surface area contributed by atoms with Gasteiger partial charge in [0.1, 0.15) is 17.2 Å². The zero-order chi connectivity index (χ0) is 22.0. The van der Waals surface area contributed by atoms with Crippen LogP contribution in [0.3, 0.4) is 0 Å². The minimum atomic E-state index is -0.952. The lowest BCUT2D eigenvalue weighted by Gasteiger charge is -2.31. The lowest BCUT2D eigenvalue weighted by molar-refractivity contribution is -0.236. The highest BCUT2D eigenvalue weighted by Crippen LogP contribution is 2.52. The van der Waals surface area contributed by atoms with E-state index < -0.39 is 17.6 Å². The number of rotatable bonds is 5. The lowest BCUT2D eigenvalue weighted by atomic mass is 10.0. The monoisotopic (exact) mass is 418 g/mol. The predicted octanol–water partition coefficient (Wildman–Crippen LogP) is 2.40. The predicted molar refractivity (Wildman–Crippen MR) is 110 cm³/mol. The summed E-state index contributed by atoms with van der Waals surface area (Å²) in [6.45, 7) is 12.5. The Bertz CT molecular complexity index is 969. The first-order chi connectivity index (χ1) is 13.9. The summed E-state index contributed by atoms with van der Waals surface area (Å²) in [5, 5.41) is 13.4. The number of carbonyl (C=O) groups excluding carboxylic acids is 1. The van der Waals surface area contributed by atoms with Crippen molar-refractivity contribution in [3.8, 4) is 0 Å². The Hall–Kier alpha value is -2.03. The molecule has 0 radical (unpaired) electrons. The van der Waals surface area contributed by atoms with E-state index in [4.69, 9.17) is 4.74 Å². The molecule has 1 aliphatic carbocycles. The van der Waals surface area contributed by atoms with E-state index in [2.05, 4.69) is 10.3 Å². The topological polar surface area (TPSA) is 79.1 Å². The van der Waals surface area contributed by atoms with Crippen molar-refractivity contribution in [2.24, 2.45) is 17.8 Å². The highest BCUT2D eigenvalue weighted by atomic mass is 19.1. The summed E-state index contributed by atoms with van der Waals surface area (Å²) in [6, 6.07) is 3.05. The molecule has 2 aliphatic rings. The minimum absolute atomic E-state index is 0.0216. The van der Waals surface area contributed by atoms with E-state index in [-0.39, 0.29) is 29.5 Å². The molecule has 0 aromatic carbocycles. The molecule has 2 N–H and O–H groups in total. The van der Waals surface area contributed by atoms with E-state index in [0.717, 1.165) is 0 Å². The van der Waals surface area contributed by atoms with Crippen molar-refractivity contribution < 1.29 is 19.0 Å². The van der Waals surface area contributed by atoms with Crippen molar-refractivity contribution in [3.63, 3.8) is 0 Å². The van der Waals surface area contributed by atoms with Gasteiger partial charge >= 0.3 is 0 Å². The summed E-state index contributed by atoms with van der Waals surface area (Å²) in [5.74, 6) is 0.608. The average molecular weight is 419 g/mol. The van der Waals surface area contributed by atoms with Gasteiger partial charge in [-0.1, -0.05) is 0 Å². The van der Waals surface area contributed by atoms with E-state index in [1.165, 1.54) is 6.07 Å². The van der Waals surface area contributed by atoms with E-state index in [0.29, 0.717) is 30.1 Å². The summed E-state index contributed by atoms with van der Waals surface area (Å²) in [5.41, 5.74) is -0.163. The van der Waals surface area contributed by atoms with Crippen LogP contribution in [0, 0.1) is 30.5 Å². The van der Waals surface area contributed by atoms with Crippen LogP contribution in [-0.4, -0.2) is 50.4 Å². The molecule has 2 aromatic rings. The van der Waals surface area contributed by atoms with Crippen LogP contribution in [0.2, 0.25) is 0 Å². The van der Waals surface area contributed by atoms with Gasteiger partial charge < -0.3 is 15.2 Å². The van der Waals surface area contributed by atoms with Gasteiger partial charge in [-0.3, -0.25) is 14.1 Å². The number of amides is 1. The number of aliphatic hydroxyl groups is 1. The number of nitrogens with one attached hydrogen (secondary N) is 1. The molecule has 4 atom stereocenters. The molecular formula is C22H31FN4O3. The van der Waals surface area contributed by atoms with Crippen LogP contribution < -0.4 is 5.32 Å². The second kappa shape index (κ2) is 7.00. The third-order valence-corrected chi connectivity index (χ3v) is 6.08. The largest absolute Gasteiger partial charge is 0.356 e. The summed E-state index contributed by atoms with van der Waals surface area (Å²) in [6.07, 6.45) is 0.814. The molecule has 164 valence electrons. The molecular weight excluding hydrogens is 387 g/mol. The van der Waals surface area contributed by atoms with Crippen LogP contribution >= 0.6 is 0 Å². The third kappa shape index (κ3) is 3.72. The Kier molecular flexibility index (Phi) is 4.95. The molecule has 3 heterocycles. The van der Waals surface area contributed by atoms with Gasteiger partial charge in [-0.05, 0) is 65.5 Å². The van der Waals surface area contributed by atoms with Crippen molar-refractivity contribution >= 4 is 11.4 Å². The van der Waals surface area contributed by atoms with Gasteiger partial charge in [0, 0.05) is 25.2 Å². The lowest BCUT2D eigenvalue weighted by Crippen LogP contribution is -2.46. The molecule has 2 fully saturated rings. The van der Waals surface area contributed by atoms with Gasteiger partial charge in [0.05, 0.1) is 16.8 Å². The number of piperidine rings is 1. The van der Waals surface area contributed by atoms with Crippen LogP contribution in [0.25, 0.3) is 5.52 Å². The van der Waals surface area contributed by atoms with E-state index in [1.807, 2.05) is 39.5 Å². The standard InChI is InChI=1S/C22H31FN4O3/c1-12-17-15(23)8-7-9-27(17)19(24-12)22(5,6)25-18(28)16-13-10-26(11-14(13)16)20(29)30-21(2,3)4/h7-9,13-14,16,20,29H,10-11H2,1-6H3,(H,25,28)/t13-,14+,16?,20?. The first-order valence-corrected chi connectivity index (χ1v) is 10.4. The summed E-state index contributed by atoms with van der Waals surface area (Å²) < 4.78 is 21.6. The molecule has 4 rings (SSSR count). The molecule has 0 bridgehead atoms. The number of aryl methyl sites for hydroxylation is 1. The minimum Gasteiger partial charge on any atom is -0.356 e. The fourth-order valence-corrected chi connectivity index (χ4v) is 4.68. The quantitative estimate of drug-likeness (QED) is 0.729. The van der Waals surface area contributed by atoms with Crippen LogP contribution in [0.1, 0.15) is 46.1 Å². The number of fused-ring (bicyclic) bond motifs is 2. The number of imidazole rings is 1. The molecule has 1 saturated heterocycles. The maximum atomic E-state index is 14.2. The van der Waals surface area contributed by atoms with Gasteiger partial charge in [-0.25, -0.2) is 9.37 Å². The molecule has 7 nitrogen and oxygen atoms in total. The molecule has 1 aliphatic heterocycles. The van der Waals surface area contributed by atoms with Crippen LogP contribution in [-0.2, 0) is 15.1 Å². The Morgan fingerprint density at radius 2 is 1.93 bits per heavy atom. The first kappa shape index (κ1) is 21.2. The number of hydrogen-bond donors (Lipinski definition) is 2. The third-order valence-electron chi connectivity index (χ3n) is 6.08. The molecule has 8 heteroatoms. The molecule has 2 aromatic heterocycles. The van der Waals surface area contributed by atoms with E-state index in [9.17, 15) is 14.3 Å². The van der Waals surface area contributed by atoms with Crippen molar-refractivity contribution in [2.45, 2.75) is 59.1 Å². The Labute approximate surface area is 176 Å². The van der Waals surface area contributed by atoms with Crippen molar-refractivity contribution in [3.05, 3.63) is 35.7 Å². The van der Waals surface area contributed by atoms with Gasteiger partial charge in [0.15, 0.2) is 0 Å².